The molecule has 0 atom stereocenters. The van der Waals surface area contributed by atoms with Crippen LogP contribution in [0, 0.1) is 10.1 Å². The standard InChI is InChI=1S/C17H28N4O4S/c1-20(2)12-11-18-26(24,25)15-9-10-16(17(13-15)21(22)23)19-14-7-5-3-4-6-8-14/h9-10,13-14,18-19H,3-8,11-12H2,1-2H3/p+1. The maximum atomic E-state index is 12.4. The third-order valence-electron chi connectivity index (χ3n) is 4.61. The molecule has 1 fully saturated rings. The Bertz CT molecular complexity index is 713. The Morgan fingerprint density at radius 3 is 2.42 bits per heavy atom. The van der Waals surface area contributed by atoms with E-state index in [0.717, 1.165) is 36.6 Å². The molecule has 146 valence electrons. The van der Waals surface area contributed by atoms with Crippen LogP contribution in [0.25, 0.3) is 0 Å². The van der Waals surface area contributed by atoms with Gasteiger partial charge in [-0.2, -0.15) is 0 Å². The summed E-state index contributed by atoms with van der Waals surface area (Å²) in [6.07, 6.45) is 6.55. The van der Waals surface area contributed by atoms with Gasteiger partial charge in [-0.3, -0.25) is 10.1 Å². The van der Waals surface area contributed by atoms with E-state index in [9.17, 15) is 18.5 Å². The predicted molar refractivity (Wildman–Crippen MR) is 101 cm³/mol. The molecule has 0 aromatic heterocycles. The van der Waals surface area contributed by atoms with Crippen LogP contribution in [-0.4, -0.2) is 46.6 Å². The predicted octanol–water partition coefficient (Wildman–Crippen LogP) is 1.15. The van der Waals surface area contributed by atoms with Gasteiger partial charge in [-0.05, 0) is 25.0 Å². The van der Waals surface area contributed by atoms with Crippen molar-refractivity contribution in [3.8, 4) is 0 Å². The second-order valence-corrected chi connectivity index (χ2v) is 8.89. The topological polar surface area (TPSA) is 106 Å². The van der Waals surface area contributed by atoms with Gasteiger partial charge in [-0.25, -0.2) is 13.1 Å². The Morgan fingerprint density at radius 2 is 1.85 bits per heavy atom. The SMILES string of the molecule is C[NH+](C)CCNS(=O)(=O)c1ccc(NC2CCCCCC2)c([N+](=O)[O-])c1. The summed E-state index contributed by atoms with van der Waals surface area (Å²) in [4.78, 5) is 12.0. The summed E-state index contributed by atoms with van der Waals surface area (Å²) in [6.45, 7) is 0.906. The van der Waals surface area contributed by atoms with Crippen molar-refractivity contribution < 1.29 is 18.2 Å². The Morgan fingerprint density at radius 1 is 1.19 bits per heavy atom. The quantitative estimate of drug-likeness (QED) is 0.354. The van der Waals surface area contributed by atoms with Gasteiger partial charge >= 0.3 is 0 Å². The third-order valence-corrected chi connectivity index (χ3v) is 6.07. The van der Waals surface area contributed by atoms with Crippen LogP contribution in [-0.2, 0) is 10.0 Å². The molecule has 0 spiro atoms. The number of nitrogens with one attached hydrogen (secondary N) is 3. The minimum absolute atomic E-state index is 0.0793. The maximum absolute atomic E-state index is 12.4. The van der Waals surface area contributed by atoms with Crippen LogP contribution in [0.5, 0.6) is 0 Å². The molecule has 0 bridgehead atoms. The van der Waals surface area contributed by atoms with Gasteiger partial charge in [0.05, 0.1) is 37.0 Å². The zero-order valence-electron chi connectivity index (χ0n) is 15.5. The monoisotopic (exact) mass is 385 g/mol. The van der Waals surface area contributed by atoms with E-state index < -0.39 is 14.9 Å². The van der Waals surface area contributed by atoms with E-state index in [2.05, 4.69) is 10.0 Å². The highest BCUT2D eigenvalue weighted by Gasteiger charge is 2.23. The number of benzene rings is 1. The second-order valence-electron chi connectivity index (χ2n) is 7.12. The molecule has 1 aromatic rings. The lowest BCUT2D eigenvalue weighted by atomic mass is 10.1. The fourth-order valence-electron chi connectivity index (χ4n) is 3.11. The summed E-state index contributed by atoms with van der Waals surface area (Å²) in [5.41, 5.74) is 0.189. The van der Waals surface area contributed by atoms with E-state index in [1.54, 1.807) is 0 Å². The van der Waals surface area contributed by atoms with Crippen molar-refractivity contribution >= 4 is 21.4 Å². The van der Waals surface area contributed by atoms with Gasteiger partial charge in [0, 0.05) is 12.1 Å². The highest BCUT2D eigenvalue weighted by atomic mass is 32.2. The molecule has 1 aromatic carbocycles. The molecule has 26 heavy (non-hydrogen) atoms. The van der Waals surface area contributed by atoms with Gasteiger partial charge in [0.15, 0.2) is 0 Å². The summed E-state index contributed by atoms with van der Waals surface area (Å²) in [6, 6.07) is 4.27. The van der Waals surface area contributed by atoms with Crippen molar-refractivity contribution in [2.75, 3.05) is 32.5 Å². The number of nitro benzene ring substituents is 1. The molecule has 2 rings (SSSR count). The number of hydrogen-bond acceptors (Lipinski definition) is 5. The first-order valence-electron chi connectivity index (χ1n) is 9.13. The van der Waals surface area contributed by atoms with Crippen LogP contribution >= 0.6 is 0 Å². The van der Waals surface area contributed by atoms with E-state index in [4.69, 9.17) is 0 Å². The van der Waals surface area contributed by atoms with Gasteiger partial charge in [0.25, 0.3) is 5.69 Å². The molecular weight excluding hydrogens is 356 g/mol. The van der Waals surface area contributed by atoms with Gasteiger partial charge < -0.3 is 10.2 Å². The van der Waals surface area contributed by atoms with E-state index in [0.29, 0.717) is 12.2 Å². The van der Waals surface area contributed by atoms with Gasteiger partial charge in [0.1, 0.15) is 5.69 Å². The minimum Gasteiger partial charge on any atom is -0.377 e. The molecule has 1 saturated carbocycles. The Kier molecular flexibility index (Phi) is 7.36. The van der Waals surface area contributed by atoms with Crippen LogP contribution in [0.4, 0.5) is 11.4 Å². The average Bonchev–Trinajstić information content (AvgIpc) is 2.83. The normalized spacial score (nSPS) is 16.4. The first kappa shape index (κ1) is 20.6. The van der Waals surface area contributed by atoms with Crippen LogP contribution < -0.4 is 14.9 Å². The molecule has 0 heterocycles. The van der Waals surface area contributed by atoms with Gasteiger partial charge in [-0.1, -0.05) is 25.7 Å². The second kappa shape index (κ2) is 9.29. The summed E-state index contributed by atoms with van der Waals surface area (Å²) in [5.74, 6) is 0. The highest BCUT2D eigenvalue weighted by molar-refractivity contribution is 7.89. The minimum atomic E-state index is -3.76. The Labute approximate surface area is 155 Å². The van der Waals surface area contributed by atoms with Crippen LogP contribution in [0.1, 0.15) is 38.5 Å². The number of nitrogens with zero attached hydrogens (tertiary/aromatic N) is 1. The van der Waals surface area contributed by atoms with Crippen molar-refractivity contribution in [2.24, 2.45) is 0 Å². The van der Waals surface area contributed by atoms with E-state index in [-0.39, 0.29) is 23.2 Å². The summed E-state index contributed by atoms with van der Waals surface area (Å²) >= 11 is 0. The molecule has 0 unspecified atom stereocenters. The average molecular weight is 386 g/mol. The van der Waals surface area contributed by atoms with Crippen molar-refractivity contribution in [3.63, 3.8) is 0 Å². The molecule has 0 saturated heterocycles. The summed E-state index contributed by atoms with van der Waals surface area (Å²) in [7, 11) is 0.0842. The lowest BCUT2D eigenvalue weighted by molar-refractivity contribution is -0.856. The molecule has 0 aliphatic heterocycles. The number of nitro groups is 1. The first-order valence-corrected chi connectivity index (χ1v) is 10.6. The maximum Gasteiger partial charge on any atom is 0.293 e. The fraction of sp³-hybridized carbons (Fsp3) is 0.647. The smallest absolute Gasteiger partial charge is 0.293 e. The van der Waals surface area contributed by atoms with Gasteiger partial charge in [-0.15, -0.1) is 0 Å². The number of hydrogen-bond donors (Lipinski definition) is 3. The number of sulfonamides is 1. The van der Waals surface area contributed by atoms with Crippen molar-refractivity contribution in [1.82, 2.24) is 4.72 Å². The van der Waals surface area contributed by atoms with Crippen LogP contribution in [0.2, 0.25) is 0 Å². The van der Waals surface area contributed by atoms with E-state index in [1.807, 2.05) is 14.1 Å². The van der Waals surface area contributed by atoms with Crippen molar-refractivity contribution in [2.45, 2.75) is 49.5 Å². The number of rotatable bonds is 8. The molecule has 0 radical (unpaired) electrons. The zero-order chi connectivity index (χ0) is 19.2. The molecule has 1 aliphatic rings. The van der Waals surface area contributed by atoms with Crippen LogP contribution in [0.3, 0.4) is 0 Å². The highest BCUT2D eigenvalue weighted by Crippen LogP contribution is 2.30. The third kappa shape index (κ3) is 5.93. The van der Waals surface area contributed by atoms with E-state index >= 15 is 0 Å². The number of anilines is 1. The first-order chi connectivity index (χ1) is 12.3. The summed E-state index contributed by atoms with van der Waals surface area (Å²) < 4.78 is 27.2. The number of quaternary nitrogens is 1. The molecule has 0 amide bonds. The van der Waals surface area contributed by atoms with Crippen molar-refractivity contribution in [3.05, 3.63) is 28.3 Å². The molecule has 9 heteroatoms. The molecule has 8 nitrogen and oxygen atoms in total. The lowest BCUT2D eigenvalue weighted by Gasteiger charge is -2.18. The van der Waals surface area contributed by atoms with E-state index in [1.165, 1.54) is 25.0 Å². The van der Waals surface area contributed by atoms with Gasteiger partial charge in [0.2, 0.25) is 10.0 Å². The molecule has 1 aliphatic carbocycles. The zero-order valence-corrected chi connectivity index (χ0v) is 16.3. The summed E-state index contributed by atoms with van der Waals surface area (Å²) in [5, 5.41) is 14.7. The molecular formula is C17H29N4O4S+. The Balaban J connectivity index is 2.18. The largest absolute Gasteiger partial charge is 0.377 e. The number of likely N-dealkylation sites (N-methyl/N-ethyl adjacent to an activating group) is 1. The fourth-order valence-corrected chi connectivity index (χ4v) is 4.17. The lowest BCUT2D eigenvalue weighted by Crippen LogP contribution is -3.06. The van der Waals surface area contributed by atoms with Crippen LogP contribution in [0.15, 0.2) is 23.1 Å². The molecule has 3 N–H and O–H groups in total. The Hall–Kier alpha value is -1.71. The van der Waals surface area contributed by atoms with Crippen molar-refractivity contribution in [1.29, 1.82) is 0 Å².